The molecule has 0 radical (unpaired) electrons. The maximum Gasteiger partial charge on any atom is 0.333 e. The minimum atomic E-state index is -0.512. The average molecular weight is 397 g/mol. The van der Waals surface area contributed by atoms with Gasteiger partial charge in [-0.05, 0) is 13.3 Å². The van der Waals surface area contributed by atoms with Crippen molar-refractivity contribution in [2.45, 2.75) is 39.5 Å². The fraction of sp³-hybridized carbons (Fsp3) is 0.304. The standard InChI is InChI=1S/C13H9NO3.C10H18O2/c15-13(10-5-2-1-3-6-10)11-7-4-8-12(9-11)14(16)17;1-4-5-6-7-8-12-10(11)9(2)3/h1-9H;2,4-8H2,1,3H3. The Balaban J connectivity index is 0.000000311. The van der Waals surface area contributed by atoms with E-state index in [-0.39, 0.29) is 17.4 Å². The van der Waals surface area contributed by atoms with Crippen molar-refractivity contribution in [3.8, 4) is 0 Å². The molecule has 0 N–H and O–H groups in total. The number of unbranched alkanes of at least 4 members (excludes halogenated alkanes) is 3. The predicted molar refractivity (Wildman–Crippen MR) is 113 cm³/mol. The number of non-ortho nitro benzene ring substituents is 1. The van der Waals surface area contributed by atoms with Crippen molar-refractivity contribution in [2.24, 2.45) is 0 Å². The van der Waals surface area contributed by atoms with Gasteiger partial charge >= 0.3 is 5.97 Å². The number of nitro benzene ring substituents is 1. The Labute approximate surface area is 171 Å². The van der Waals surface area contributed by atoms with Gasteiger partial charge in [0.1, 0.15) is 0 Å². The van der Waals surface area contributed by atoms with Crippen molar-refractivity contribution >= 4 is 17.4 Å². The van der Waals surface area contributed by atoms with E-state index in [9.17, 15) is 19.7 Å². The van der Waals surface area contributed by atoms with Crippen LogP contribution in [0.4, 0.5) is 5.69 Å². The molecule has 29 heavy (non-hydrogen) atoms. The number of nitro groups is 1. The highest BCUT2D eigenvalue weighted by molar-refractivity contribution is 6.09. The van der Waals surface area contributed by atoms with Crippen LogP contribution < -0.4 is 0 Å². The Morgan fingerprint density at radius 2 is 1.66 bits per heavy atom. The topological polar surface area (TPSA) is 86.5 Å². The van der Waals surface area contributed by atoms with E-state index in [0.29, 0.717) is 23.3 Å². The van der Waals surface area contributed by atoms with E-state index in [1.165, 1.54) is 31.0 Å². The van der Waals surface area contributed by atoms with Crippen LogP contribution in [0, 0.1) is 10.1 Å². The van der Waals surface area contributed by atoms with Gasteiger partial charge in [-0.2, -0.15) is 0 Å². The summed E-state index contributed by atoms with van der Waals surface area (Å²) in [6.45, 7) is 7.84. The molecule has 2 aromatic rings. The first-order valence-electron chi connectivity index (χ1n) is 9.53. The molecule has 0 aromatic heterocycles. The number of benzene rings is 2. The van der Waals surface area contributed by atoms with E-state index >= 15 is 0 Å². The zero-order valence-corrected chi connectivity index (χ0v) is 16.9. The van der Waals surface area contributed by atoms with Gasteiger partial charge in [0.2, 0.25) is 0 Å². The predicted octanol–water partition coefficient (Wildman–Crippen LogP) is 5.51. The molecule has 0 bridgehead atoms. The van der Waals surface area contributed by atoms with Crippen LogP contribution in [0.3, 0.4) is 0 Å². The van der Waals surface area contributed by atoms with Crippen molar-refractivity contribution in [1.82, 2.24) is 0 Å². The van der Waals surface area contributed by atoms with Gasteiger partial charge in [-0.15, -0.1) is 0 Å². The number of rotatable bonds is 9. The van der Waals surface area contributed by atoms with Gasteiger partial charge in [-0.25, -0.2) is 4.79 Å². The average Bonchev–Trinajstić information content (AvgIpc) is 2.74. The number of ketones is 1. The van der Waals surface area contributed by atoms with Crippen molar-refractivity contribution in [3.05, 3.63) is 88.0 Å². The lowest BCUT2D eigenvalue weighted by Crippen LogP contribution is -2.05. The van der Waals surface area contributed by atoms with E-state index in [1.807, 2.05) is 6.07 Å². The molecule has 0 aliphatic heterocycles. The van der Waals surface area contributed by atoms with E-state index in [0.717, 1.165) is 12.8 Å². The van der Waals surface area contributed by atoms with Gasteiger partial charge in [-0.1, -0.05) is 75.2 Å². The first-order chi connectivity index (χ1) is 13.9. The lowest BCUT2D eigenvalue weighted by atomic mass is 10.0. The molecule has 0 aliphatic rings. The van der Waals surface area contributed by atoms with Gasteiger partial charge in [0.15, 0.2) is 5.78 Å². The molecule has 2 rings (SSSR count). The number of carbonyl (C=O) groups excluding carboxylic acids is 2. The van der Waals surface area contributed by atoms with Crippen molar-refractivity contribution in [3.63, 3.8) is 0 Å². The van der Waals surface area contributed by atoms with Crippen LogP contribution in [-0.2, 0) is 9.53 Å². The zero-order valence-electron chi connectivity index (χ0n) is 16.9. The van der Waals surface area contributed by atoms with Crippen molar-refractivity contribution in [2.75, 3.05) is 6.61 Å². The fourth-order valence-electron chi connectivity index (χ4n) is 2.33. The molecule has 2 aromatic carbocycles. The second-order valence-corrected chi connectivity index (χ2v) is 6.48. The molecule has 0 saturated carbocycles. The van der Waals surface area contributed by atoms with E-state index in [4.69, 9.17) is 4.74 Å². The van der Waals surface area contributed by atoms with Gasteiger partial charge in [0.25, 0.3) is 5.69 Å². The minimum absolute atomic E-state index is 0.0771. The molecule has 0 aliphatic carbocycles. The van der Waals surface area contributed by atoms with Crippen LogP contribution in [0.2, 0.25) is 0 Å². The van der Waals surface area contributed by atoms with Gasteiger partial charge in [0, 0.05) is 28.8 Å². The lowest BCUT2D eigenvalue weighted by molar-refractivity contribution is -0.384. The maximum atomic E-state index is 12.0. The molecule has 0 unspecified atom stereocenters. The normalized spacial score (nSPS) is 9.72. The van der Waals surface area contributed by atoms with E-state index in [1.54, 1.807) is 37.3 Å². The van der Waals surface area contributed by atoms with E-state index < -0.39 is 4.92 Å². The highest BCUT2D eigenvalue weighted by Crippen LogP contribution is 2.16. The Bertz CT molecular complexity index is 830. The van der Waals surface area contributed by atoms with Crippen LogP contribution in [-0.4, -0.2) is 23.3 Å². The van der Waals surface area contributed by atoms with Crippen molar-refractivity contribution in [1.29, 1.82) is 0 Å². The number of hydrogen-bond donors (Lipinski definition) is 0. The third-order valence-corrected chi connectivity index (χ3v) is 3.93. The van der Waals surface area contributed by atoms with Crippen LogP contribution in [0.25, 0.3) is 0 Å². The summed E-state index contributed by atoms with van der Waals surface area (Å²) in [4.78, 5) is 32.9. The molecule has 0 saturated heterocycles. The maximum absolute atomic E-state index is 12.0. The van der Waals surface area contributed by atoms with Gasteiger partial charge in [0.05, 0.1) is 11.5 Å². The second kappa shape index (κ2) is 13.0. The fourth-order valence-corrected chi connectivity index (χ4v) is 2.33. The van der Waals surface area contributed by atoms with E-state index in [2.05, 4.69) is 13.5 Å². The summed E-state index contributed by atoms with van der Waals surface area (Å²) in [5.74, 6) is -0.485. The number of ether oxygens (including phenoxy) is 1. The molecular weight excluding hydrogens is 370 g/mol. The molecule has 0 atom stereocenters. The molecule has 0 amide bonds. The van der Waals surface area contributed by atoms with Gasteiger partial charge in [-0.3, -0.25) is 14.9 Å². The Hall–Kier alpha value is -3.28. The summed E-state index contributed by atoms with van der Waals surface area (Å²) in [6.07, 6.45) is 4.52. The summed E-state index contributed by atoms with van der Waals surface area (Å²) in [5, 5.41) is 10.6. The highest BCUT2D eigenvalue weighted by Gasteiger charge is 2.12. The second-order valence-electron chi connectivity index (χ2n) is 6.48. The molecule has 0 heterocycles. The minimum Gasteiger partial charge on any atom is -0.462 e. The SMILES string of the molecule is C=C(C)C(=O)OCCCCCC.O=C(c1ccccc1)c1cccc([N+](=O)[O-])c1. The largest absolute Gasteiger partial charge is 0.462 e. The molecule has 0 spiro atoms. The smallest absolute Gasteiger partial charge is 0.333 e. The van der Waals surface area contributed by atoms with Gasteiger partial charge < -0.3 is 4.74 Å². The van der Waals surface area contributed by atoms with Crippen LogP contribution in [0.1, 0.15) is 55.5 Å². The Morgan fingerprint density at radius 1 is 1.00 bits per heavy atom. The molecule has 6 nitrogen and oxygen atoms in total. The highest BCUT2D eigenvalue weighted by atomic mass is 16.6. The molecular formula is C23H27NO5. The molecule has 0 fully saturated rings. The number of hydrogen-bond acceptors (Lipinski definition) is 5. The van der Waals surface area contributed by atoms with Crippen LogP contribution in [0.5, 0.6) is 0 Å². The number of esters is 1. The zero-order chi connectivity index (χ0) is 21.6. The summed E-state index contributed by atoms with van der Waals surface area (Å²) in [5.41, 5.74) is 1.25. The third-order valence-electron chi connectivity index (χ3n) is 3.93. The summed E-state index contributed by atoms with van der Waals surface area (Å²) < 4.78 is 4.91. The van der Waals surface area contributed by atoms with Crippen LogP contribution in [0.15, 0.2) is 66.7 Å². The lowest BCUT2D eigenvalue weighted by Gasteiger charge is -2.02. The summed E-state index contributed by atoms with van der Waals surface area (Å²) in [7, 11) is 0. The number of carbonyl (C=O) groups is 2. The van der Waals surface area contributed by atoms with Crippen molar-refractivity contribution < 1.29 is 19.2 Å². The molecule has 6 heteroatoms. The Morgan fingerprint density at radius 3 is 2.24 bits per heavy atom. The summed E-state index contributed by atoms with van der Waals surface area (Å²) in [6, 6.07) is 14.4. The van der Waals surface area contributed by atoms with Crippen LogP contribution >= 0.6 is 0 Å². The Kier molecular flexibility index (Phi) is 10.6. The first-order valence-corrected chi connectivity index (χ1v) is 9.53. The molecule has 154 valence electrons. The first kappa shape index (κ1) is 23.8. The monoisotopic (exact) mass is 397 g/mol. The number of nitrogens with zero attached hydrogens (tertiary/aromatic N) is 1. The quantitative estimate of drug-likeness (QED) is 0.139. The third kappa shape index (κ3) is 8.97. The summed E-state index contributed by atoms with van der Waals surface area (Å²) >= 11 is 0.